The lowest BCUT2D eigenvalue weighted by Crippen LogP contribution is -2.10. The summed E-state index contributed by atoms with van der Waals surface area (Å²) in [6.07, 6.45) is 8.15. The van der Waals surface area contributed by atoms with Crippen LogP contribution in [0.25, 0.3) is 0 Å². The molecular weight excluding hydrogens is 181 g/mol. The number of nitrogens with one attached hydrogen (secondary N) is 1. The maximum absolute atomic E-state index is 3.36. The summed E-state index contributed by atoms with van der Waals surface area (Å²) in [4.78, 5) is 0. The van der Waals surface area contributed by atoms with E-state index in [1.54, 1.807) is 0 Å². The molecule has 1 radical (unpaired) electrons. The van der Waals surface area contributed by atoms with Crippen molar-refractivity contribution in [2.75, 3.05) is 11.9 Å². The van der Waals surface area contributed by atoms with E-state index in [9.17, 15) is 0 Å². The van der Waals surface area contributed by atoms with Gasteiger partial charge >= 0.3 is 0 Å². The molecule has 2 heteroatoms. The minimum Gasteiger partial charge on any atom is -0.385 e. The van der Waals surface area contributed by atoms with Crippen molar-refractivity contribution in [1.29, 1.82) is 0 Å². The fourth-order valence-corrected chi connectivity index (χ4v) is 2.13. The number of rotatable bonds is 0. The minimum atomic E-state index is 1.14. The van der Waals surface area contributed by atoms with Crippen molar-refractivity contribution in [1.82, 2.24) is 0 Å². The average molecular weight is 200 g/mol. The molecule has 1 saturated heterocycles. The fraction of sp³-hybridized carbons (Fsp3) is 0.538. The van der Waals surface area contributed by atoms with Crippen LogP contribution in [0.1, 0.15) is 24.8 Å². The number of hydrogen-bond acceptors (Lipinski definition) is 1. The Kier molecular flexibility index (Phi) is 4.13. The van der Waals surface area contributed by atoms with E-state index >= 15 is 0 Å². The van der Waals surface area contributed by atoms with Crippen LogP contribution in [0.5, 0.6) is 0 Å². The maximum atomic E-state index is 3.36. The van der Waals surface area contributed by atoms with Crippen LogP contribution in [0.15, 0.2) is 24.3 Å². The lowest BCUT2D eigenvalue weighted by atomic mass is 9.77. The molecule has 1 aromatic rings. The SMILES string of the molecule is [B]1CCCC1.c1ccc2c(c1)CCCN2. The van der Waals surface area contributed by atoms with Crippen molar-refractivity contribution in [3.63, 3.8) is 0 Å². The highest BCUT2D eigenvalue weighted by molar-refractivity contribution is 6.36. The van der Waals surface area contributed by atoms with Gasteiger partial charge in [-0.2, -0.15) is 0 Å². The first-order chi connectivity index (χ1) is 7.47. The van der Waals surface area contributed by atoms with Crippen molar-refractivity contribution in [2.45, 2.75) is 38.3 Å². The Hall–Kier alpha value is -0.915. The molecule has 0 aliphatic carbocycles. The maximum Gasteiger partial charge on any atom is 0.109 e. The van der Waals surface area contributed by atoms with Gasteiger partial charge in [0.15, 0.2) is 0 Å². The Balaban J connectivity index is 0.000000144. The molecular formula is C13H19BN. The molecule has 2 aliphatic rings. The number of para-hydroxylation sites is 1. The lowest BCUT2D eigenvalue weighted by Gasteiger charge is -2.16. The highest BCUT2D eigenvalue weighted by atomic mass is 14.9. The third kappa shape index (κ3) is 3.30. The van der Waals surface area contributed by atoms with E-state index in [1.807, 2.05) is 0 Å². The highest BCUT2D eigenvalue weighted by Crippen LogP contribution is 2.20. The Bertz CT molecular complexity index is 262. The van der Waals surface area contributed by atoms with E-state index in [4.69, 9.17) is 0 Å². The van der Waals surface area contributed by atoms with E-state index in [-0.39, 0.29) is 0 Å². The second-order valence-electron chi connectivity index (χ2n) is 4.26. The number of anilines is 1. The van der Waals surface area contributed by atoms with Gasteiger partial charge in [-0.05, 0) is 24.5 Å². The first-order valence-corrected chi connectivity index (χ1v) is 6.10. The first-order valence-electron chi connectivity index (χ1n) is 6.10. The summed E-state index contributed by atoms with van der Waals surface area (Å²) in [6.45, 7) is 1.14. The molecule has 0 saturated carbocycles. The zero-order valence-electron chi connectivity index (χ0n) is 9.34. The van der Waals surface area contributed by atoms with Crippen molar-refractivity contribution in [2.24, 2.45) is 0 Å². The highest BCUT2D eigenvalue weighted by Gasteiger charge is 2.04. The van der Waals surface area contributed by atoms with Crippen LogP contribution >= 0.6 is 0 Å². The predicted octanol–water partition coefficient (Wildman–Crippen LogP) is 3.37. The van der Waals surface area contributed by atoms with Gasteiger partial charge in [0.25, 0.3) is 0 Å². The Morgan fingerprint density at radius 2 is 1.80 bits per heavy atom. The van der Waals surface area contributed by atoms with Gasteiger partial charge in [0.2, 0.25) is 0 Å². The molecule has 0 atom stereocenters. The molecule has 2 heterocycles. The standard InChI is InChI=1S/C9H11N.C4H8B/c1-2-6-9-8(4-1)5-3-7-10-9;1-2-4-5-3-1/h1-2,4,6,10H,3,5,7H2;1-4H2. The van der Waals surface area contributed by atoms with Crippen molar-refractivity contribution < 1.29 is 0 Å². The zero-order chi connectivity index (χ0) is 10.3. The van der Waals surface area contributed by atoms with Gasteiger partial charge in [-0.25, -0.2) is 0 Å². The van der Waals surface area contributed by atoms with E-state index < -0.39 is 0 Å². The van der Waals surface area contributed by atoms with Crippen LogP contribution in [-0.2, 0) is 6.42 Å². The van der Waals surface area contributed by atoms with Gasteiger partial charge in [-0.1, -0.05) is 43.7 Å². The summed E-state index contributed by atoms with van der Waals surface area (Å²) in [5.41, 5.74) is 2.79. The van der Waals surface area contributed by atoms with Gasteiger partial charge in [0, 0.05) is 12.2 Å². The van der Waals surface area contributed by atoms with Gasteiger partial charge in [-0.15, -0.1) is 0 Å². The van der Waals surface area contributed by atoms with E-state index in [1.165, 1.54) is 49.6 Å². The molecule has 3 rings (SSSR count). The second kappa shape index (κ2) is 5.84. The van der Waals surface area contributed by atoms with Crippen LogP contribution in [-0.4, -0.2) is 13.8 Å². The number of fused-ring (bicyclic) bond motifs is 1. The molecule has 0 amide bonds. The molecule has 1 fully saturated rings. The molecule has 15 heavy (non-hydrogen) atoms. The molecule has 1 nitrogen and oxygen atoms in total. The third-order valence-electron chi connectivity index (χ3n) is 3.02. The largest absolute Gasteiger partial charge is 0.385 e. The lowest BCUT2D eigenvalue weighted by molar-refractivity contribution is 0.830. The van der Waals surface area contributed by atoms with E-state index in [2.05, 4.69) is 36.9 Å². The normalized spacial score (nSPS) is 17.9. The van der Waals surface area contributed by atoms with Crippen LogP contribution in [0, 0.1) is 0 Å². The smallest absolute Gasteiger partial charge is 0.109 e. The van der Waals surface area contributed by atoms with Gasteiger partial charge < -0.3 is 5.32 Å². The minimum absolute atomic E-state index is 1.14. The van der Waals surface area contributed by atoms with Crippen LogP contribution < -0.4 is 5.32 Å². The summed E-state index contributed by atoms with van der Waals surface area (Å²) >= 11 is 0. The molecule has 0 aromatic heterocycles. The van der Waals surface area contributed by atoms with Crippen molar-refractivity contribution >= 4 is 13.0 Å². The van der Waals surface area contributed by atoms with Gasteiger partial charge in [0.1, 0.15) is 7.28 Å². The summed E-state index contributed by atoms with van der Waals surface area (Å²) in [5, 5.41) is 3.36. The number of aryl methyl sites for hydroxylation is 1. The first kappa shape index (κ1) is 10.6. The fourth-order valence-electron chi connectivity index (χ4n) is 2.13. The van der Waals surface area contributed by atoms with Gasteiger partial charge in [0.05, 0.1) is 0 Å². The van der Waals surface area contributed by atoms with Crippen LogP contribution in [0.3, 0.4) is 0 Å². The molecule has 0 spiro atoms. The number of hydrogen-bond donors (Lipinski definition) is 1. The molecule has 1 aromatic carbocycles. The second-order valence-corrected chi connectivity index (χ2v) is 4.26. The molecule has 1 N–H and O–H groups in total. The summed E-state index contributed by atoms with van der Waals surface area (Å²) in [7, 11) is 2.36. The van der Waals surface area contributed by atoms with Gasteiger partial charge in [-0.3, -0.25) is 0 Å². The summed E-state index contributed by atoms with van der Waals surface area (Å²) in [6, 6.07) is 8.53. The van der Waals surface area contributed by atoms with Crippen LogP contribution in [0.4, 0.5) is 5.69 Å². The average Bonchev–Trinajstić information content (AvgIpc) is 2.88. The van der Waals surface area contributed by atoms with Crippen molar-refractivity contribution in [3.05, 3.63) is 29.8 Å². The Morgan fingerprint density at radius 3 is 2.47 bits per heavy atom. The molecule has 0 bridgehead atoms. The third-order valence-corrected chi connectivity index (χ3v) is 3.02. The Labute approximate surface area is 93.5 Å². The Morgan fingerprint density at radius 1 is 1.00 bits per heavy atom. The summed E-state index contributed by atoms with van der Waals surface area (Å²) in [5.74, 6) is 0. The molecule has 0 unspecified atom stereocenters. The van der Waals surface area contributed by atoms with E-state index in [0.29, 0.717) is 0 Å². The number of benzene rings is 1. The quantitative estimate of drug-likeness (QED) is 0.633. The van der Waals surface area contributed by atoms with Crippen LogP contribution in [0.2, 0.25) is 12.6 Å². The topological polar surface area (TPSA) is 12.0 Å². The van der Waals surface area contributed by atoms with Crippen molar-refractivity contribution in [3.8, 4) is 0 Å². The predicted molar refractivity (Wildman–Crippen MR) is 67.9 cm³/mol. The monoisotopic (exact) mass is 200 g/mol. The molecule has 2 aliphatic heterocycles. The van der Waals surface area contributed by atoms with E-state index in [0.717, 1.165) is 6.54 Å². The zero-order valence-corrected chi connectivity index (χ0v) is 9.34. The molecule has 79 valence electrons. The summed E-state index contributed by atoms with van der Waals surface area (Å²) < 4.78 is 0.